The van der Waals surface area contributed by atoms with Crippen molar-refractivity contribution in [2.75, 3.05) is 0 Å². The van der Waals surface area contributed by atoms with Crippen LogP contribution in [0.2, 0.25) is 0 Å². The first kappa shape index (κ1) is 12.5. The highest BCUT2D eigenvalue weighted by molar-refractivity contribution is 9.10. The van der Waals surface area contributed by atoms with Crippen LogP contribution in [0.5, 0.6) is 0 Å². The Hall–Kier alpha value is -1.53. The lowest BCUT2D eigenvalue weighted by molar-refractivity contribution is 0.672. The minimum Gasteiger partial charge on any atom is -0.308 e. The summed E-state index contributed by atoms with van der Waals surface area (Å²) >= 11 is 3.41. The average molecular weight is 321 g/mol. The van der Waals surface area contributed by atoms with Gasteiger partial charge in [0.05, 0.1) is 5.69 Å². The summed E-state index contributed by atoms with van der Waals surface area (Å²) in [4.78, 5) is 23.1. The van der Waals surface area contributed by atoms with Crippen molar-refractivity contribution in [2.45, 2.75) is 25.4 Å². The van der Waals surface area contributed by atoms with E-state index < -0.39 is 0 Å². The third-order valence-corrected chi connectivity index (χ3v) is 3.57. The summed E-state index contributed by atoms with van der Waals surface area (Å²) in [6.07, 6.45) is 4.10. The third-order valence-electron chi connectivity index (χ3n) is 2.93. The largest absolute Gasteiger partial charge is 0.308 e. The fraction of sp³-hybridized carbons (Fsp3) is 0.308. The van der Waals surface area contributed by atoms with Crippen molar-refractivity contribution in [2.24, 2.45) is 0 Å². The van der Waals surface area contributed by atoms with E-state index in [4.69, 9.17) is 0 Å². The molecule has 5 nitrogen and oxygen atoms in total. The zero-order valence-electron chi connectivity index (χ0n) is 10.2. The first-order valence-electron chi connectivity index (χ1n) is 6.17. The number of H-pyrrole nitrogens is 1. The summed E-state index contributed by atoms with van der Waals surface area (Å²) < 4.78 is 0.811. The van der Waals surface area contributed by atoms with Crippen LogP contribution in [-0.4, -0.2) is 21.0 Å². The van der Waals surface area contributed by atoms with Gasteiger partial charge in [-0.15, -0.1) is 0 Å². The molecule has 2 heterocycles. The number of pyridine rings is 1. The van der Waals surface area contributed by atoms with E-state index in [0.717, 1.165) is 10.2 Å². The van der Waals surface area contributed by atoms with Crippen LogP contribution in [0, 0.1) is 0 Å². The van der Waals surface area contributed by atoms with Gasteiger partial charge in [-0.1, -0.05) is 0 Å². The molecule has 0 unspecified atom stereocenters. The highest BCUT2D eigenvalue weighted by Crippen LogP contribution is 2.22. The molecule has 2 aromatic rings. The summed E-state index contributed by atoms with van der Waals surface area (Å²) in [6, 6.07) is 5.81. The third kappa shape index (κ3) is 3.08. The maximum absolute atomic E-state index is 11.7. The van der Waals surface area contributed by atoms with Crippen molar-refractivity contribution < 1.29 is 0 Å². The summed E-state index contributed by atoms with van der Waals surface area (Å²) in [5.41, 5.74) is 1.23. The molecule has 0 aliphatic heterocycles. The predicted octanol–water partition coefficient (Wildman–Crippen LogP) is 1.85. The van der Waals surface area contributed by atoms with E-state index in [1.165, 1.54) is 18.9 Å². The number of nitrogens with one attached hydrogen (secondary N) is 2. The van der Waals surface area contributed by atoms with Gasteiger partial charge in [-0.3, -0.25) is 9.78 Å². The Labute approximate surface area is 118 Å². The maximum Gasteiger partial charge on any atom is 0.251 e. The topological polar surface area (TPSA) is 70.7 Å². The molecule has 0 saturated heterocycles. The molecule has 3 rings (SSSR count). The number of aromatic amines is 1. The first-order chi connectivity index (χ1) is 9.22. The first-order valence-corrected chi connectivity index (χ1v) is 6.96. The fourth-order valence-electron chi connectivity index (χ4n) is 1.81. The van der Waals surface area contributed by atoms with Crippen LogP contribution in [0.1, 0.15) is 18.5 Å². The lowest BCUT2D eigenvalue weighted by Gasteiger charge is -2.06. The molecule has 0 aromatic carbocycles. The van der Waals surface area contributed by atoms with Crippen LogP contribution in [0.15, 0.2) is 33.7 Å². The molecular formula is C13H13BrN4O. The van der Waals surface area contributed by atoms with Gasteiger partial charge in [0, 0.05) is 29.3 Å². The highest BCUT2D eigenvalue weighted by Gasteiger charge is 2.20. The van der Waals surface area contributed by atoms with Crippen LogP contribution < -0.4 is 10.9 Å². The van der Waals surface area contributed by atoms with Gasteiger partial charge in [0.25, 0.3) is 5.56 Å². The molecule has 1 aliphatic carbocycles. The van der Waals surface area contributed by atoms with Crippen molar-refractivity contribution in [3.05, 3.63) is 44.9 Å². The SMILES string of the molecule is O=c1cc(CNC2CC2)nc(-c2ncccc2Br)[nH]1. The Balaban J connectivity index is 1.92. The van der Waals surface area contributed by atoms with Crippen molar-refractivity contribution in [3.8, 4) is 11.5 Å². The number of rotatable bonds is 4. The maximum atomic E-state index is 11.7. The Morgan fingerprint density at radius 3 is 3.05 bits per heavy atom. The highest BCUT2D eigenvalue weighted by atomic mass is 79.9. The standard InChI is InChI=1S/C13H13BrN4O/c14-10-2-1-5-15-12(10)13-17-9(6-11(19)18-13)7-16-8-3-4-8/h1-2,5-6,8,16H,3-4,7H2,(H,17,18,19). The predicted molar refractivity (Wildman–Crippen MR) is 75.7 cm³/mol. The van der Waals surface area contributed by atoms with Crippen LogP contribution in [-0.2, 0) is 6.54 Å². The molecule has 2 N–H and O–H groups in total. The van der Waals surface area contributed by atoms with E-state index in [-0.39, 0.29) is 5.56 Å². The quantitative estimate of drug-likeness (QED) is 0.901. The van der Waals surface area contributed by atoms with Crippen LogP contribution in [0.25, 0.3) is 11.5 Å². The molecule has 0 bridgehead atoms. The second-order valence-corrected chi connectivity index (χ2v) is 5.43. The Morgan fingerprint density at radius 1 is 1.47 bits per heavy atom. The van der Waals surface area contributed by atoms with Crippen LogP contribution in [0.4, 0.5) is 0 Å². The molecule has 6 heteroatoms. The lowest BCUT2D eigenvalue weighted by Crippen LogP contribution is -2.19. The van der Waals surface area contributed by atoms with Gasteiger partial charge in [0.2, 0.25) is 0 Å². The summed E-state index contributed by atoms with van der Waals surface area (Å²) in [7, 11) is 0. The van der Waals surface area contributed by atoms with E-state index in [0.29, 0.717) is 24.1 Å². The van der Waals surface area contributed by atoms with E-state index >= 15 is 0 Å². The molecule has 0 spiro atoms. The molecule has 1 aliphatic rings. The van der Waals surface area contributed by atoms with Crippen LogP contribution in [0.3, 0.4) is 0 Å². The van der Waals surface area contributed by atoms with Crippen molar-refractivity contribution in [1.29, 1.82) is 0 Å². The second-order valence-electron chi connectivity index (χ2n) is 4.57. The van der Waals surface area contributed by atoms with Gasteiger partial charge in [0.15, 0.2) is 5.82 Å². The van der Waals surface area contributed by atoms with Crippen molar-refractivity contribution in [1.82, 2.24) is 20.3 Å². The lowest BCUT2D eigenvalue weighted by atomic mass is 10.3. The molecule has 0 amide bonds. The minimum absolute atomic E-state index is 0.157. The zero-order valence-corrected chi connectivity index (χ0v) is 11.8. The van der Waals surface area contributed by atoms with Gasteiger partial charge < -0.3 is 10.3 Å². The molecule has 0 atom stereocenters. The van der Waals surface area contributed by atoms with Gasteiger partial charge >= 0.3 is 0 Å². The van der Waals surface area contributed by atoms with Crippen LogP contribution >= 0.6 is 15.9 Å². The van der Waals surface area contributed by atoms with E-state index in [1.54, 1.807) is 6.20 Å². The monoisotopic (exact) mass is 320 g/mol. The molecule has 2 aromatic heterocycles. The number of hydrogen-bond acceptors (Lipinski definition) is 4. The smallest absolute Gasteiger partial charge is 0.251 e. The number of aromatic nitrogens is 3. The number of hydrogen-bond donors (Lipinski definition) is 2. The minimum atomic E-state index is -0.157. The Morgan fingerprint density at radius 2 is 2.32 bits per heavy atom. The van der Waals surface area contributed by atoms with Crippen molar-refractivity contribution in [3.63, 3.8) is 0 Å². The van der Waals surface area contributed by atoms with Gasteiger partial charge in [-0.05, 0) is 40.9 Å². The van der Waals surface area contributed by atoms with E-state index in [1.807, 2.05) is 12.1 Å². The summed E-state index contributed by atoms with van der Waals surface area (Å²) in [6.45, 7) is 0.617. The van der Waals surface area contributed by atoms with Gasteiger partial charge in [0.1, 0.15) is 5.69 Å². The second kappa shape index (κ2) is 5.22. The molecular weight excluding hydrogens is 308 g/mol. The molecule has 19 heavy (non-hydrogen) atoms. The zero-order chi connectivity index (χ0) is 13.2. The Kier molecular flexibility index (Phi) is 3.44. The average Bonchev–Trinajstić information content (AvgIpc) is 3.20. The molecule has 1 saturated carbocycles. The van der Waals surface area contributed by atoms with Crippen molar-refractivity contribution >= 4 is 15.9 Å². The van der Waals surface area contributed by atoms with Gasteiger partial charge in [-0.2, -0.15) is 0 Å². The molecule has 98 valence electrons. The summed E-state index contributed by atoms with van der Waals surface area (Å²) in [5, 5.41) is 3.35. The number of halogens is 1. The summed E-state index contributed by atoms with van der Waals surface area (Å²) in [5.74, 6) is 0.493. The fourth-order valence-corrected chi connectivity index (χ4v) is 2.25. The molecule has 1 fully saturated rings. The normalized spacial score (nSPS) is 14.6. The number of nitrogens with zero attached hydrogens (tertiary/aromatic N) is 2. The van der Waals surface area contributed by atoms with E-state index in [2.05, 4.69) is 36.2 Å². The van der Waals surface area contributed by atoms with E-state index in [9.17, 15) is 4.79 Å². The van der Waals surface area contributed by atoms with Gasteiger partial charge in [-0.25, -0.2) is 4.98 Å². The molecule has 0 radical (unpaired) electrons. The Bertz CT molecular complexity index is 651.